The number of carbonyl (C=O) groups excluding carboxylic acids is 6. The van der Waals surface area contributed by atoms with E-state index in [2.05, 4.69) is 21.3 Å². The van der Waals surface area contributed by atoms with E-state index < -0.39 is 64.6 Å². The van der Waals surface area contributed by atoms with Gasteiger partial charge in [0.25, 0.3) is 11.8 Å². The first-order valence-electron chi connectivity index (χ1n) is 18.8. The topological polar surface area (TPSA) is 199 Å². The summed E-state index contributed by atoms with van der Waals surface area (Å²) in [4.78, 5) is 92.0. The summed E-state index contributed by atoms with van der Waals surface area (Å²) in [5.74, 6) is -4.38. The standard InChI is InChI=1S/C41H59N7O8/c1-24(2)30(22-25(3)36(52)44-28(39(55)56)16-17-31(49)43-20-21-48-32(50)18-19-33(48)51)47(11)38(54)35(40(4,5)6)45-37(53)34(42-9)41(7,8)27-23-46(10)29-15-13-12-14-26(27)29/h12-15,18-19,22-24,28,30,34-35,42H,16-17,20-21H2,1-11H3,(H,43,49)(H,44,52)(H,45,53)(H,55,56)/b25-22+/t28-,30+,34+,35+/m0/s1. The normalized spacial score (nSPS) is 15.8. The number of carbonyl (C=O) groups is 7. The Morgan fingerprint density at radius 1 is 0.946 bits per heavy atom. The lowest BCUT2D eigenvalue weighted by Crippen LogP contribution is -2.61. The van der Waals surface area contributed by atoms with Crippen molar-refractivity contribution in [3.8, 4) is 0 Å². The molecular formula is C41H59N7O8. The fourth-order valence-electron chi connectivity index (χ4n) is 6.99. The summed E-state index contributed by atoms with van der Waals surface area (Å²) >= 11 is 0. The van der Waals surface area contributed by atoms with Crippen molar-refractivity contribution in [2.24, 2.45) is 18.4 Å². The minimum absolute atomic E-state index is 0.00825. The number of nitrogens with zero attached hydrogens (tertiary/aromatic N) is 3. The Morgan fingerprint density at radius 3 is 2.11 bits per heavy atom. The number of para-hydroxylation sites is 1. The number of fused-ring (bicyclic) bond motifs is 1. The van der Waals surface area contributed by atoms with Crippen LogP contribution in [0.25, 0.3) is 10.9 Å². The highest BCUT2D eigenvalue weighted by Crippen LogP contribution is 2.35. The smallest absolute Gasteiger partial charge is 0.326 e. The molecule has 0 bridgehead atoms. The largest absolute Gasteiger partial charge is 0.480 e. The molecule has 0 unspecified atom stereocenters. The second kappa shape index (κ2) is 18.5. The van der Waals surface area contributed by atoms with Gasteiger partial charge < -0.3 is 35.8 Å². The van der Waals surface area contributed by atoms with Crippen molar-refractivity contribution in [1.82, 2.24) is 35.6 Å². The van der Waals surface area contributed by atoms with Gasteiger partial charge in [-0.25, -0.2) is 4.79 Å². The zero-order valence-corrected chi connectivity index (χ0v) is 34.5. The number of carboxylic acid groups (broad SMARTS) is 1. The maximum Gasteiger partial charge on any atom is 0.326 e. The van der Waals surface area contributed by atoms with Crippen LogP contribution < -0.4 is 21.3 Å². The molecule has 1 aliphatic rings. The van der Waals surface area contributed by atoms with Gasteiger partial charge in [0, 0.05) is 73.8 Å². The van der Waals surface area contributed by atoms with E-state index in [1.165, 1.54) is 11.8 Å². The number of aryl methyl sites for hydroxylation is 1. The first kappa shape index (κ1) is 45.1. The van der Waals surface area contributed by atoms with Crippen LogP contribution in [-0.4, -0.2) is 112 Å². The van der Waals surface area contributed by atoms with E-state index >= 15 is 0 Å². The molecule has 6 amide bonds. The summed E-state index contributed by atoms with van der Waals surface area (Å²) in [6, 6.07) is 4.33. The fraction of sp³-hybridized carbons (Fsp3) is 0.537. The Morgan fingerprint density at radius 2 is 1.55 bits per heavy atom. The van der Waals surface area contributed by atoms with E-state index in [0.717, 1.165) is 33.5 Å². The van der Waals surface area contributed by atoms with Gasteiger partial charge in [-0.1, -0.05) is 72.7 Å². The van der Waals surface area contributed by atoms with Crippen molar-refractivity contribution in [3.05, 3.63) is 59.8 Å². The van der Waals surface area contributed by atoms with Crippen molar-refractivity contribution < 1.29 is 38.7 Å². The predicted molar refractivity (Wildman–Crippen MR) is 213 cm³/mol. The van der Waals surface area contributed by atoms with Crippen LogP contribution in [0.15, 0.2) is 54.3 Å². The first-order valence-corrected chi connectivity index (χ1v) is 18.8. The Kier molecular flexibility index (Phi) is 14.9. The van der Waals surface area contributed by atoms with Crippen molar-refractivity contribution in [2.45, 2.75) is 97.8 Å². The first-order chi connectivity index (χ1) is 26.0. The van der Waals surface area contributed by atoms with Gasteiger partial charge in [-0.2, -0.15) is 0 Å². The molecule has 1 aromatic heterocycles. The number of aromatic nitrogens is 1. The van der Waals surface area contributed by atoms with Crippen LogP contribution >= 0.6 is 0 Å². The Hall–Kier alpha value is -5.31. The number of hydrogen-bond acceptors (Lipinski definition) is 8. The molecule has 4 atom stereocenters. The summed E-state index contributed by atoms with van der Waals surface area (Å²) < 4.78 is 2.03. The molecule has 306 valence electrons. The highest BCUT2D eigenvalue weighted by Gasteiger charge is 2.42. The molecular weight excluding hydrogens is 718 g/mol. The summed E-state index contributed by atoms with van der Waals surface area (Å²) in [5.41, 5.74) is 0.793. The van der Waals surface area contributed by atoms with Crippen molar-refractivity contribution in [1.29, 1.82) is 0 Å². The van der Waals surface area contributed by atoms with Gasteiger partial charge in [0.05, 0.1) is 12.1 Å². The zero-order valence-electron chi connectivity index (χ0n) is 34.5. The summed E-state index contributed by atoms with van der Waals surface area (Å²) in [6.07, 6.45) is 5.45. The number of carboxylic acids is 1. The summed E-state index contributed by atoms with van der Waals surface area (Å²) in [6.45, 7) is 14.8. The van der Waals surface area contributed by atoms with Crippen LogP contribution in [0, 0.1) is 11.3 Å². The van der Waals surface area contributed by atoms with E-state index in [4.69, 9.17) is 0 Å². The van der Waals surface area contributed by atoms with Crippen LogP contribution in [0.5, 0.6) is 0 Å². The molecule has 2 heterocycles. The zero-order chi connectivity index (χ0) is 42.3. The van der Waals surface area contributed by atoms with Gasteiger partial charge in [0.15, 0.2) is 0 Å². The molecule has 2 aromatic rings. The van der Waals surface area contributed by atoms with Crippen molar-refractivity contribution in [2.75, 3.05) is 27.2 Å². The molecule has 0 radical (unpaired) electrons. The molecule has 1 aliphatic heterocycles. The van der Waals surface area contributed by atoms with E-state index in [1.807, 2.05) is 90.5 Å². The van der Waals surface area contributed by atoms with Crippen molar-refractivity contribution >= 4 is 52.3 Å². The predicted octanol–water partition coefficient (Wildman–Crippen LogP) is 2.39. The van der Waals surface area contributed by atoms with Gasteiger partial charge in [-0.05, 0) is 43.4 Å². The lowest BCUT2D eigenvalue weighted by Gasteiger charge is -2.39. The maximum atomic E-state index is 14.3. The van der Waals surface area contributed by atoms with Crippen LogP contribution in [-0.2, 0) is 46.0 Å². The number of amides is 6. The van der Waals surface area contributed by atoms with E-state index in [-0.39, 0.29) is 49.2 Å². The molecule has 5 N–H and O–H groups in total. The maximum absolute atomic E-state index is 14.3. The molecule has 0 aliphatic carbocycles. The van der Waals surface area contributed by atoms with Gasteiger partial charge in [-0.3, -0.25) is 33.7 Å². The number of imide groups is 1. The van der Waals surface area contributed by atoms with E-state index in [1.54, 1.807) is 20.2 Å². The second-order valence-corrected chi connectivity index (χ2v) is 16.4. The summed E-state index contributed by atoms with van der Waals surface area (Å²) in [5, 5.41) is 22.1. The molecule has 0 saturated carbocycles. The van der Waals surface area contributed by atoms with Gasteiger partial charge in [0.1, 0.15) is 12.1 Å². The highest BCUT2D eigenvalue weighted by atomic mass is 16.4. The second-order valence-electron chi connectivity index (χ2n) is 16.4. The van der Waals surface area contributed by atoms with Gasteiger partial charge >= 0.3 is 5.97 Å². The molecule has 1 aromatic carbocycles. The van der Waals surface area contributed by atoms with Crippen LogP contribution in [0.2, 0.25) is 0 Å². The van der Waals surface area contributed by atoms with Gasteiger partial charge in [0.2, 0.25) is 23.6 Å². The lowest BCUT2D eigenvalue weighted by molar-refractivity contribution is -0.142. The fourth-order valence-corrected chi connectivity index (χ4v) is 6.99. The Bertz CT molecular complexity index is 1870. The monoisotopic (exact) mass is 777 g/mol. The number of benzene rings is 1. The Balaban J connectivity index is 1.72. The molecule has 0 spiro atoms. The molecule has 15 nitrogen and oxygen atoms in total. The number of likely N-dealkylation sites (N-methyl/N-ethyl adjacent to an activating group) is 2. The number of nitrogens with one attached hydrogen (secondary N) is 4. The molecule has 15 heteroatoms. The minimum atomic E-state index is -1.39. The molecule has 0 fully saturated rings. The van der Waals surface area contributed by atoms with E-state index in [9.17, 15) is 38.7 Å². The number of rotatable bonds is 18. The summed E-state index contributed by atoms with van der Waals surface area (Å²) in [7, 11) is 5.29. The third-order valence-corrected chi connectivity index (χ3v) is 10.3. The average molecular weight is 778 g/mol. The third kappa shape index (κ3) is 10.7. The van der Waals surface area contributed by atoms with Gasteiger partial charge in [-0.15, -0.1) is 0 Å². The number of hydrogen-bond donors (Lipinski definition) is 5. The Labute approximate surface area is 329 Å². The van der Waals surface area contributed by atoms with Crippen molar-refractivity contribution in [3.63, 3.8) is 0 Å². The molecule has 0 saturated heterocycles. The average Bonchev–Trinajstić information content (AvgIpc) is 3.63. The lowest BCUT2D eigenvalue weighted by atomic mass is 9.76. The van der Waals surface area contributed by atoms with Crippen LogP contribution in [0.4, 0.5) is 0 Å². The minimum Gasteiger partial charge on any atom is -0.480 e. The number of aliphatic carboxylic acids is 1. The molecule has 3 rings (SSSR count). The SMILES string of the molecule is CN[C@H](C(=O)N[C@H](C(=O)N(C)[C@H](/C=C(\C)C(=O)N[C@@H](CCC(=O)NCCN1C(=O)C=CC1=O)C(=O)O)C(C)C)C(C)(C)C)C(C)(C)c1cn(C)c2ccccc12. The van der Waals surface area contributed by atoms with Crippen LogP contribution in [0.3, 0.4) is 0 Å². The van der Waals surface area contributed by atoms with E-state index in [0.29, 0.717) is 0 Å². The molecule has 56 heavy (non-hydrogen) atoms. The third-order valence-electron chi connectivity index (χ3n) is 10.3. The quantitative estimate of drug-likeness (QED) is 0.111. The highest BCUT2D eigenvalue weighted by molar-refractivity contribution is 6.12. The van der Waals surface area contributed by atoms with Crippen LogP contribution in [0.1, 0.15) is 73.8 Å².